The van der Waals surface area contributed by atoms with E-state index in [2.05, 4.69) is 9.97 Å². The average Bonchev–Trinajstić information content (AvgIpc) is 3.09. The quantitative estimate of drug-likeness (QED) is 0.845. The number of ether oxygens (including phenoxy) is 2. The zero-order valence-electron chi connectivity index (χ0n) is 14.7. The molecule has 136 valence electrons. The first-order chi connectivity index (χ1) is 12.7. The van der Waals surface area contributed by atoms with Gasteiger partial charge in [0.15, 0.2) is 0 Å². The minimum atomic E-state index is -0.282. The maximum atomic E-state index is 12.7. The largest absolute Gasteiger partial charge is 0.370 e. The number of hydrogen-bond donors (Lipinski definition) is 0. The lowest BCUT2D eigenvalue weighted by molar-refractivity contribution is -0.0466. The second kappa shape index (κ2) is 7.51. The highest BCUT2D eigenvalue weighted by Crippen LogP contribution is 2.36. The van der Waals surface area contributed by atoms with E-state index in [9.17, 15) is 4.79 Å². The average molecular weight is 353 g/mol. The fourth-order valence-corrected chi connectivity index (χ4v) is 3.83. The zero-order chi connectivity index (χ0) is 17.8. The summed E-state index contributed by atoms with van der Waals surface area (Å²) in [5.41, 5.74) is 1.32. The molecule has 6 nitrogen and oxygen atoms in total. The van der Waals surface area contributed by atoms with Crippen LogP contribution in [-0.4, -0.2) is 52.2 Å². The second-order valence-electron chi connectivity index (χ2n) is 7.02. The molecule has 2 fully saturated rings. The molecule has 0 aliphatic carbocycles. The minimum absolute atomic E-state index is 0.0490. The van der Waals surface area contributed by atoms with Gasteiger partial charge in [-0.15, -0.1) is 0 Å². The van der Waals surface area contributed by atoms with Gasteiger partial charge in [-0.3, -0.25) is 14.8 Å². The van der Waals surface area contributed by atoms with Crippen molar-refractivity contribution in [3.63, 3.8) is 0 Å². The number of pyridine rings is 2. The van der Waals surface area contributed by atoms with Crippen molar-refractivity contribution in [2.24, 2.45) is 0 Å². The first kappa shape index (κ1) is 17.1. The molecule has 4 rings (SSSR count). The van der Waals surface area contributed by atoms with Crippen molar-refractivity contribution in [3.8, 4) is 0 Å². The molecule has 1 amide bonds. The number of carbonyl (C=O) groups is 1. The first-order valence-corrected chi connectivity index (χ1v) is 9.09. The summed E-state index contributed by atoms with van der Waals surface area (Å²) in [6.07, 6.45) is 7.86. The molecule has 2 saturated heterocycles. The molecule has 2 aliphatic heterocycles. The molecule has 0 radical (unpaired) electrons. The van der Waals surface area contributed by atoms with Crippen molar-refractivity contribution < 1.29 is 14.3 Å². The third kappa shape index (κ3) is 3.76. The summed E-state index contributed by atoms with van der Waals surface area (Å²) in [5.74, 6) is 0.0490. The molecule has 1 spiro atoms. The Balaban J connectivity index is 1.36. The van der Waals surface area contributed by atoms with Gasteiger partial charge >= 0.3 is 0 Å². The Labute approximate surface area is 153 Å². The van der Waals surface area contributed by atoms with Gasteiger partial charge in [0.25, 0.3) is 5.91 Å². The normalized spacial score (nSPS) is 25.5. The molecule has 0 N–H and O–H groups in total. The molecule has 2 aromatic heterocycles. The highest BCUT2D eigenvalue weighted by molar-refractivity contribution is 5.94. The number of piperidine rings is 1. The maximum absolute atomic E-state index is 12.7. The third-order valence-electron chi connectivity index (χ3n) is 5.12. The maximum Gasteiger partial charge on any atom is 0.254 e. The Morgan fingerprint density at radius 1 is 1.27 bits per heavy atom. The standard InChI is InChI=1S/C20H23N3O3/c24-19(16-5-9-21-10-6-16)23-11-3-7-20(15-23)12-18(14-26-20)25-13-17-4-1-2-8-22-17/h1-2,4-6,8-10,18H,3,7,11-15H2/t18-,20-/m0/s1. The van der Waals surface area contributed by atoms with Gasteiger partial charge in [0.2, 0.25) is 0 Å². The predicted molar refractivity (Wildman–Crippen MR) is 95.5 cm³/mol. The van der Waals surface area contributed by atoms with Crippen LogP contribution in [0, 0.1) is 0 Å². The van der Waals surface area contributed by atoms with Crippen LogP contribution in [0.3, 0.4) is 0 Å². The van der Waals surface area contributed by atoms with E-state index in [1.165, 1.54) is 0 Å². The lowest BCUT2D eigenvalue weighted by Gasteiger charge is -2.39. The van der Waals surface area contributed by atoms with Crippen molar-refractivity contribution in [3.05, 3.63) is 60.2 Å². The highest BCUT2D eigenvalue weighted by atomic mass is 16.6. The van der Waals surface area contributed by atoms with Gasteiger partial charge in [0.05, 0.1) is 37.2 Å². The number of hydrogen-bond acceptors (Lipinski definition) is 5. The van der Waals surface area contributed by atoms with Crippen LogP contribution >= 0.6 is 0 Å². The van der Waals surface area contributed by atoms with Gasteiger partial charge in [0.1, 0.15) is 0 Å². The van der Waals surface area contributed by atoms with Crippen LogP contribution in [0.4, 0.5) is 0 Å². The van der Waals surface area contributed by atoms with Crippen molar-refractivity contribution in [1.29, 1.82) is 0 Å². The van der Waals surface area contributed by atoms with E-state index < -0.39 is 0 Å². The minimum Gasteiger partial charge on any atom is -0.370 e. The summed E-state index contributed by atoms with van der Waals surface area (Å²) in [7, 11) is 0. The fourth-order valence-electron chi connectivity index (χ4n) is 3.83. The van der Waals surface area contributed by atoms with Gasteiger partial charge in [0, 0.05) is 37.1 Å². The summed E-state index contributed by atoms with van der Waals surface area (Å²) < 4.78 is 12.1. The number of nitrogens with zero attached hydrogens (tertiary/aromatic N) is 3. The van der Waals surface area contributed by atoms with E-state index in [0.717, 1.165) is 31.5 Å². The molecule has 0 aromatic carbocycles. The molecule has 6 heteroatoms. The molecule has 0 bridgehead atoms. The Kier molecular flexibility index (Phi) is 4.95. The van der Waals surface area contributed by atoms with E-state index in [1.807, 2.05) is 23.1 Å². The fraction of sp³-hybridized carbons (Fsp3) is 0.450. The monoisotopic (exact) mass is 353 g/mol. The van der Waals surface area contributed by atoms with Crippen LogP contribution in [0.15, 0.2) is 48.9 Å². The lowest BCUT2D eigenvalue weighted by Crippen LogP contribution is -2.50. The van der Waals surface area contributed by atoms with Crippen LogP contribution in [0.25, 0.3) is 0 Å². The van der Waals surface area contributed by atoms with Gasteiger partial charge in [-0.05, 0) is 37.1 Å². The van der Waals surface area contributed by atoms with E-state index in [1.54, 1.807) is 30.7 Å². The second-order valence-corrected chi connectivity index (χ2v) is 7.02. The molecule has 4 heterocycles. The SMILES string of the molecule is O=C(c1ccncc1)N1CCC[C@]2(C[C@H](OCc3ccccn3)CO2)C1. The van der Waals surface area contributed by atoms with Crippen LogP contribution in [0.1, 0.15) is 35.3 Å². The number of rotatable bonds is 4. The number of aromatic nitrogens is 2. The topological polar surface area (TPSA) is 64.6 Å². The number of carbonyl (C=O) groups excluding carboxylic acids is 1. The summed E-state index contributed by atoms with van der Waals surface area (Å²) in [6.45, 7) is 2.46. The third-order valence-corrected chi connectivity index (χ3v) is 5.12. The number of likely N-dealkylation sites (tertiary alicyclic amines) is 1. The molecule has 2 atom stereocenters. The zero-order valence-corrected chi connectivity index (χ0v) is 14.7. The van der Waals surface area contributed by atoms with E-state index in [4.69, 9.17) is 9.47 Å². The molecule has 2 aromatic rings. The Morgan fingerprint density at radius 3 is 2.96 bits per heavy atom. The Hall–Kier alpha value is -2.31. The van der Waals surface area contributed by atoms with E-state index >= 15 is 0 Å². The van der Waals surface area contributed by atoms with Crippen LogP contribution in [0.2, 0.25) is 0 Å². The van der Waals surface area contributed by atoms with Gasteiger partial charge in [-0.2, -0.15) is 0 Å². The Morgan fingerprint density at radius 2 is 2.15 bits per heavy atom. The summed E-state index contributed by atoms with van der Waals surface area (Å²) >= 11 is 0. The van der Waals surface area contributed by atoms with Crippen molar-refractivity contribution in [2.45, 2.75) is 37.6 Å². The number of amides is 1. The molecular formula is C20H23N3O3. The van der Waals surface area contributed by atoms with Gasteiger partial charge in [-0.25, -0.2) is 0 Å². The predicted octanol–water partition coefficient (Wildman–Crippen LogP) is 2.46. The molecule has 26 heavy (non-hydrogen) atoms. The van der Waals surface area contributed by atoms with E-state index in [0.29, 0.717) is 25.3 Å². The van der Waals surface area contributed by atoms with Gasteiger partial charge < -0.3 is 14.4 Å². The highest BCUT2D eigenvalue weighted by Gasteiger charge is 2.45. The van der Waals surface area contributed by atoms with Crippen molar-refractivity contribution in [2.75, 3.05) is 19.7 Å². The molecule has 2 aliphatic rings. The smallest absolute Gasteiger partial charge is 0.254 e. The molecular weight excluding hydrogens is 330 g/mol. The van der Waals surface area contributed by atoms with Gasteiger partial charge in [-0.1, -0.05) is 6.07 Å². The first-order valence-electron chi connectivity index (χ1n) is 9.09. The van der Waals surface area contributed by atoms with E-state index in [-0.39, 0.29) is 17.6 Å². The van der Waals surface area contributed by atoms with Crippen molar-refractivity contribution >= 4 is 5.91 Å². The van der Waals surface area contributed by atoms with Crippen LogP contribution in [-0.2, 0) is 16.1 Å². The summed E-state index contributed by atoms with van der Waals surface area (Å²) in [6, 6.07) is 9.34. The molecule has 0 saturated carbocycles. The van der Waals surface area contributed by atoms with Crippen LogP contribution < -0.4 is 0 Å². The molecule has 0 unspecified atom stereocenters. The summed E-state index contributed by atoms with van der Waals surface area (Å²) in [4.78, 5) is 22.9. The summed E-state index contributed by atoms with van der Waals surface area (Å²) in [5, 5.41) is 0. The lowest BCUT2D eigenvalue weighted by atomic mass is 9.89. The van der Waals surface area contributed by atoms with Crippen molar-refractivity contribution in [1.82, 2.24) is 14.9 Å². The van der Waals surface area contributed by atoms with Crippen LogP contribution in [0.5, 0.6) is 0 Å². The Bertz CT molecular complexity index is 740.